The molecule has 0 spiro atoms. The van der Waals surface area contributed by atoms with E-state index >= 15 is 0 Å². The molecule has 1 saturated heterocycles. The summed E-state index contributed by atoms with van der Waals surface area (Å²) in [6, 6.07) is 4.27. The Labute approximate surface area is 103 Å². The smallest absolute Gasteiger partial charge is 0.0933 e. The number of aryl methyl sites for hydroxylation is 1. The van der Waals surface area contributed by atoms with Crippen LogP contribution in [0.25, 0.3) is 0 Å². The molecule has 0 aliphatic carbocycles. The van der Waals surface area contributed by atoms with Gasteiger partial charge in [-0.25, -0.2) is 0 Å². The fourth-order valence-electron chi connectivity index (χ4n) is 2.08. The second-order valence-electron chi connectivity index (χ2n) is 4.39. The van der Waals surface area contributed by atoms with Gasteiger partial charge in [-0.2, -0.15) is 0 Å². The maximum atomic E-state index is 5.58. The summed E-state index contributed by atoms with van der Waals surface area (Å²) in [6.45, 7) is 7.21. The Morgan fingerprint density at radius 2 is 2.41 bits per heavy atom. The first-order valence-electron chi connectivity index (χ1n) is 6.44. The van der Waals surface area contributed by atoms with Crippen molar-refractivity contribution in [3.63, 3.8) is 0 Å². The molecule has 0 aromatic carbocycles. The molecule has 1 atom stereocenters. The van der Waals surface area contributed by atoms with Crippen LogP contribution in [-0.2, 0) is 22.6 Å². The number of ether oxygens (including phenoxy) is 2. The molecule has 1 unspecified atom stereocenters. The highest BCUT2D eigenvalue weighted by atomic mass is 16.6. The Hall–Kier alpha value is -0.840. The number of rotatable bonds is 6. The van der Waals surface area contributed by atoms with E-state index in [1.807, 2.05) is 0 Å². The van der Waals surface area contributed by atoms with E-state index in [0.29, 0.717) is 6.61 Å². The van der Waals surface area contributed by atoms with Crippen LogP contribution in [-0.4, -0.2) is 37.0 Å². The summed E-state index contributed by atoms with van der Waals surface area (Å²) in [4.78, 5) is 0. The highest BCUT2D eigenvalue weighted by Gasteiger charge is 2.13. The number of hydrogen-bond donors (Lipinski definition) is 1. The summed E-state index contributed by atoms with van der Waals surface area (Å²) in [5, 5.41) is 3.43. The Kier molecular flexibility index (Phi) is 5.04. The molecule has 0 bridgehead atoms. The molecule has 0 radical (unpaired) electrons. The van der Waals surface area contributed by atoms with Crippen molar-refractivity contribution >= 4 is 0 Å². The molecule has 1 fully saturated rings. The first-order chi connectivity index (χ1) is 8.40. The van der Waals surface area contributed by atoms with Crippen LogP contribution in [0.2, 0.25) is 0 Å². The van der Waals surface area contributed by atoms with Gasteiger partial charge in [-0.1, -0.05) is 6.92 Å². The summed E-state index contributed by atoms with van der Waals surface area (Å²) < 4.78 is 13.2. The molecular weight excluding hydrogens is 216 g/mol. The third kappa shape index (κ3) is 3.84. The predicted molar refractivity (Wildman–Crippen MR) is 67.0 cm³/mol. The van der Waals surface area contributed by atoms with Crippen LogP contribution in [0.5, 0.6) is 0 Å². The molecule has 0 saturated carbocycles. The molecule has 1 aliphatic heterocycles. The van der Waals surface area contributed by atoms with Gasteiger partial charge in [-0.05, 0) is 18.6 Å². The van der Waals surface area contributed by atoms with Gasteiger partial charge in [0.25, 0.3) is 0 Å². The standard InChI is InChI=1S/C13H22N2O2/c1-2-5-15-6-3-4-12(15)9-14-10-13-11-16-7-8-17-13/h3-4,6,13-14H,2,5,7-11H2,1H3. The molecule has 96 valence electrons. The second-order valence-corrected chi connectivity index (χ2v) is 4.39. The highest BCUT2D eigenvalue weighted by Crippen LogP contribution is 2.04. The maximum absolute atomic E-state index is 5.58. The van der Waals surface area contributed by atoms with Crippen molar-refractivity contribution in [3.8, 4) is 0 Å². The van der Waals surface area contributed by atoms with Gasteiger partial charge in [-0.3, -0.25) is 0 Å². The molecule has 2 heterocycles. The van der Waals surface area contributed by atoms with Crippen LogP contribution in [0, 0.1) is 0 Å². The van der Waals surface area contributed by atoms with Gasteiger partial charge in [0.15, 0.2) is 0 Å². The number of nitrogens with zero attached hydrogens (tertiary/aromatic N) is 1. The molecule has 1 N–H and O–H groups in total. The van der Waals surface area contributed by atoms with Gasteiger partial charge < -0.3 is 19.4 Å². The minimum atomic E-state index is 0.207. The molecule has 1 aromatic heterocycles. The Morgan fingerprint density at radius 3 is 3.18 bits per heavy atom. The fraction of sp³-hybridized carbons (Fsp3) is 0.692. The normalized spacial score (nSPS) is 20.6. The van der Waals surface area contributed by atoms with Crippen LogP contribution >= 0.6 is 0 Å². The highest BCUT2D eigenvalue weighted by molar-refractivity contribution is 5.06. The maximum Gasteiger partial charge on any atom is 0.0933 e. The summed E-state index contributed by atoms with van der Waals surface area (Å²) in [6.07, 6.45) is 3.51. The lowest BCUT2D eigenvalue weighted by atomic mass is 10.3. The Balaban J connectivity index is 1.71. The first-order valence-corrected chi connectivity index (χ1v) is 6.44. The summed E-state index contributed by atoms with van der Waals surface area (Å²) >= 11 is 0. The van der Waals surface area contributed by atoms with Crippen LogP contribution in [0.1, 0.15) is 19.0 Å². The van der Waals surface area contributed by atoms with Crippen molar-refractivity contribution in [3.05, 3.63) is 24.0 Å². The zero-order chi connectivity index (χ0) is 11.9. The van der Waals surface area contributed by atoms with Gasteiger partial charge in [0.1, 0.15) is 0 Å². The second kappa shape index (κ2) is 6.79. The van der Waals surface area contributed by atoms with E-state index in [2.05, 4.69) is 35.1 Å². The average Bonchev–Trinajstić information content (AvgIpc) is 2.79. The molecule has 0 amide bonds. The van der Waals surface area contributed by atoms with Crippen LogP contribution in [0.3, 0.4) is 0 Å². The third-order valence-electron chi connectivity index (χ3n) is 2.95. The van der Waals surface area contributed by atoms with Crippen molar-refractivity contribution in [1.82, 2.24) is 9.88 Å². The average molecular weight is 238 g/mol. The van der Waals surface area contributed by atoms with E-state index in [4.69, 9.17) is 9.47 Å². The van der Waals surface area contributed by atoms with E-state index in [9.17, 15) is 0 Å². The van der Waals surface area contributed by atoms with Gasteiger partial charge >= 0.3 is 0 Å². The largest absolute Gasteiger partial charge is 0.376 e. The van der Waals surface area contributed by atoms with E-state index in [1.54, 1.807) is 0 Å². The van der Waals surface area contributed by atoms with E-state index in [0.717, 1.165) is 32.8 Å². The summed E-state index contributed by atoms with van der Waals surface area (Å²) in [7, 11) is 0. The quantitative estimate of drug-likeness (QED) is 0.813. The van der Waals surface area contributed by atoms with Gasteiger partial charge in [0, 0.05) is 31.5 Å². The number of nitrogens with one attached hydrogen (secondary N) is 1. The predicted octanol–water partition coefficient (Wildman–Crippen LogP) is 1.40. The topological polar surface area (TPSA) is 35.4 Å². The molecule has 4 nitrogen and oxygen atoms in total. The molecular formula is C13H22N2O2. The van der Waals surface area contributed by atoms with Gasteiger partial charge in [0.05, 0.1) is 25.9 Å². The van der Waals surface area contributed by atoms with E-state index in [-0.39, 0.29) is 6.10 Å². The summed E-state index contributed by atoms with van der Waals surface area (Å²) in [5.74, 6) is 0. The van der Waals surface area contributed by atoms with E-state index < -0.39 is 0 Å². The Bertz CT molecular complexity index is 319. The van der Waals surface area contributed by atoms with E-state index in [1.165, 1.54) is 12.1 Å². The zero-order valence-corrected chi connectivity index (χ0v) is 10.5. The molecule has 17 heavy (non-hydrogen) atoms. The monoisotopic (exact) mass is 238 g/mol. The molecule has 1 aliphatic rings. The SMILES string of the molecule is CCCn1cccc1CNCC1COCCO1. The van der Waals surface area contributed by atoms with Crippen LogP contribution in [0.15, 0.2) is 18.3 Å². The number of aromatic nitrogens is 1. The lowest BCUT2D eigenvalue weighted by molar-refractivity contribution is -0.0864. The fourth-order valence-corrected chi connectivity index (χ4v) is 2.08. The lowest BCUT2D eigenvalue weighted by Crippen LogP contribution is -2.37. The molecule has 2 rings (SSSR count). The lowest BCUT2D eigenvalue weighted by Gasteiger charge is -2.23. The minimum Gasteiger partial charge on any atom is -0.376 e. The zero-order valence-electron chi connectivity index (χ0n) is 10.5. The summed E-state index contributed by atoms with van der Waals surface area (Å²) in [5.41, 5.74) is 1.34. The Morgan fingerprint density at radius 1 is 1.47 bits per heavy atom. The minimum absolute atomic E-state index is 0.207. The molecule has 1 aromatic rings. The van der Waals surface area contributed by atoms with Crippen molar-refractivity contribution in [2.24, 2.45) is 0 Å². The van der Waals surface area contributed by atoms with Crippen molar-refractivity contribution in [2.45, 2.75) is 32.5 Å². The van der Waals surface area contributed by atoms with Gasteiger partial charge in [-0.15, -0.1) is 0 Å². The van der Waals surface area contributed by atoms with Crippen molar-refractivity contribution in [1.29, 1.82) is 0 Å². The van der Waals surface area contributed by atoms with Crippen molar-refractivity contribution < 1.29 is 9.47 Å². The van der Waals surface area contributed by atoms with Crippen LogP contribution < -0.4 is 5.32 Å². The first kappa shape index (κ1) is 12.6. The van der Waals surface area contributed by atoms with Crippen LogP contribution in [0.4, 0.5) is 0 Å². The van der Waals surface area contributed by atoms with Gasteiger partial charge in [0.2, 0.25) is 0 Å². The van der Waals surface area contributed by atoms with Crippen molar-refractivity contribution in [2.75, 3.05) is 26.4 Å². The molecule has 4 heteroatoms. The number of hydrogen-bond acceptors (Lipinski definition) is 3. The third-order valence-corrected chi connectivity index (χ3v) is 2.95.